The third kappa shape index (κ3) is 4.54. The van der Waals surface area contributed by atoms with Crippen LogP contribution < -0.4 is 15.8 Å². The van der Waals surface area contributed by atoms with Gasteiger partial charge in [0, 0.05) is 30.6 Å². The van der Waals surface area contributed by atoms with Gasteiger partial charge in [0.15, 0.2) is 0 Å². The van der Waals surface area contributed by atoms with Crippen LogP contribution in [0.2, 0.25) is 0 Å². The number of hydrogen-bond donors (Lipinski definition) is 2. The van der Waals surface area contributed by atoms with Crippen LogP contribution >= 0.6 is 11.3 Å². The van der Waals surface area contributed by atoms with E-state index >= 15 is 0 Å². The molecule has 1 saturated heterocycles. The van der Waals surface area contributed by atoms with Crippen molar-refractivity contribution in [2.75, 3.05) is 18.0 Å². The maximum atomic E-state index is 12.8. The Balaban J connectivity index is 1.37. The number of rotatable bonds is 5. The van der Waals surface area contributed by atoms with E-state index in [0.717, 1.165) is 41.6 Å². The third-order valence-corrected chi connectivity index (χ3v) is 7.15. The molecule has 2 aromatic heterocycles. The van der Waals surface area contributed by atoms with E-state index in [2.05, 4.69) is 41.5 Å². The largest absolute Gasteiger partial charge is 0.352 e. The molecule has 168 valence electrons. The minimum absolute atomic E-state index is 0.0443. The summed E-state index contributed by atoms with van der Waals surface area (Å²) >= 11 is 1.42. The monoisotopic (exact) mass is 458 g/mol. The van der Waals surface area contributed by atoms with Gasteiger partial charge < -0.3 is 10.2 Å². The third-order valence-electron chi connectivity index (χ3n) is 6.18. The zero-order chi connectivity index (χ0) is 22.8. The number of anilines is 1. The molecule has 0 radical (unpaired) electrons. The molecule has 1 amide bonds. The molecule has 4 aromatic rings. The molecule has 1 fully saturated rings. The van der Waals surface area contributed by atoms with E-state index in [1.165, 1.54) is 16.9 Å². The van der Waals surface area contributed by atoms with Crippen LogP contribution in [0.1, 0.15) is 24.0 Å². The molecule has 2 N–H and O–H groups in total. The Morgan fingerprint density at radius 1 is 1.18 bits per heavy atom. The first-order valence-corrected chi connectivity index (χ1v) is 12.1. The molecule has 6 nitrogen and oxygen atoms in total. The van der Waals surface area contributed by atoms with Gasteiger partial charge in [-0.1, -0.05) is 60.2 Å². The Kier molecular flexibility index (Phi) is 5.96. The lowest BCUT2D eigenvalue weighted by atomic mass is 9.97. The first-order valence-electron chi connectivity index (χ1n) is 11.2. The van der Waals surface area contributed by atoms with E-state index in [0.29, 0.717) is 23.7 Å². The predicted molar refractivity (Wildman–Crippen MR) is 134 cm³/mol. The zero-order valence-electron chi connectivity index (χ0n) is 18.5. The van der Waals surface area contributed by atoms with Crippen molar-refractivity contribution in [1.29, 1.82) is 0 Å². The molecule has 0 saturated carbocycles. The number of fused-ring (bicyclic) bond motifs is 1. The van der Waals surface area contributed by atoms with Gasteiger partial charge in [-0.3, -0.25) is 14.6 Å². The molecule has 0 spiro atoms. The van der Waals surface area contributed by atoms with Crippen molar-refractivity contribution in [3.8, 4) is 11.1 Å². The Morgan fingerprint density at radius 3 is 2.76 bits per heavy atom. The van der Waals surface area contributed by atoms with Crippen molar-refractivity contribution >= 4 is 33.4 Å². The van der Waals surface area contributed by atoms with E-state index in [1.807, 2.05) is 40.6 Å². The van der Waals surface area contributed by atoms with E-state index in [-0.39, 0.29) is 17.4 Å². The van der Waals surface area contributed by atoms with Gasteiger partial charge in [0.05, 0.1) is 11.4 Å². The van der Waals surface area contributed by atoms with E-state index < -0.39 is 0 Å². The molecule has 3 heterocycles. The van der Waals surface area contributed by atoms with Crippen LogP contribution in [0.15, 0.2) is 64.8 Å². The normalized spacial score (nSPS) is 16.2. The van der Waals surface area contributed by atoms with Gasteiger partial charge in [0.2, 0.25) is 11.9 Å². The molecule has 7 heteroatoms. The highest BCUT2D eigenvalue weighted by molar-refractivity contribution is 7.17. The second-order valence-corrected chi connectivity index (χ2v) is 9.45. The summed E-state index contributed by atoms with van der Waals surface area (Å²) in [6, 6.07) is 18.2. The van der Waals surface area contributed by atoms with Crippen molar-refractivity contribution in [3.63, 3.8) is 0 Å². The standard InChI is InChI=1S/C26H26N4O2S/c1-17-9-11-19(12-10-17)21-16-33-23-22(21)28-26(29-25(23)32)30-13-5-8-20(15-30)24(31)27-14-18-6-3-2-4-7-18/h2-4,6-7,9-12,16,20H,5,8,13-15H2,1H3,(H,27,31)(H,28,29,32)/t20-/m1/s1. The van der Waals surface area contributed by atoms with Crippen LogP contribution in [0, 0.1) is 12.8 Å². The molecule has 0 aliphatic carbocycles. The number of hydrogen-bond acceptors (Lipinski definition) is 5. The lowest BCUT2D eigenvalue weighted by molar-refractivity contribution is -0.125. The molecule has 1 atom stereocenters. The van der Waals surface area contributed by atoms with Crippen molar-refractivity contribution in [2.45, 2.75) is 26.3 Å². The minimum Gasteiger partial charge on any atom is -0.352 e. The number of aryl methyl sites for hydroxylation is 1. The Morgan fingerprint density at radius 2 is 1.97 bits per heavy atom. The lowest BCUT2D eigenvalue weighted by Gasteiger charge is -2.32. The number of aromatic amines is 1. The predicted octanol–water partition coefficient (Wildman–Crippen LogP) is 4.49. The number of carbonyl (C=O) groups excluding carboxylic acids is 1. The molecule has 1 aliphatic heterocycles. The lowest BCUT2D eigenvalue weighted by Crippen LogP contribution is -2.44. The SMILES string of the molecule is Cc1ccc(-c2csc3c(=O)[nH]c(N4CCC[C@@H](C(=O)NCc5ccccc5)C4)nc23)cc1. The summed E-state index contributed by atoms with van der Waals surface area (Å²) in [5.41, 5.74) is 4.88. The summed E-state index contributed by atoms with van der Waals surface area (Å²) in [7, 11) is 0. The van der Waals surface area contributed by atoms with E-state index in [1.54, 1.807) is 0 Å². The topological polar surface area (TPSA) is 78.1 Å². The number of aromatic nitrogens is 2. The average Bonchev–Trinajstić information content (AvgIpc) is 3.28. The van der Waals surface area contributed by atoms with Crippen molar-refractivity contribution in [2.24, 2.45) is 5.92 Å². The fraction of sp³-hybridized carbons (Fsp3) is 0.269. The summed E-state index contributed by atoms with van der Waals surface area (Å²) in [5, 5.41) is 5.05. The van der Waals surface area contributed by atoms with Gasteiger partial charge in [-0.05, 0) is 30.9 Å². The van der Waals surface area contributed by atoms with Crippen LogP contribution in [0.25, 0.3) is 21.3 Å². The summed E-state index contributed by atoms with van der Waals surface area (Å²) < 4.78 is 0.628. The highest BCUT2D eigenvalue weighted by Crippen LogP contribution is 2.32. The maximum absolute atomic E-state index is 12.8. The van der Waals surface area contributed by atoms with Crippen LogP contribution in [0.3, 0.4) is 0 Å². The summed E-state index contributed by atoms with van der Waals surface area (Å²) in [5.74, 6) is 0.449. The summed E-state index contributed by atoms with van der Waals surface area (Å²) in [6.45, 7) is 3.88. The molecule has 1 aliphatic rings. The Labute approximate surface area is 196 Å². The molecular formula is C26H26N4O2S. The molecule has 0 bridgehead atoms. The molecule has 0 unspecified atom stereocenters. The van der Waals surface area contributed by atoms with Gasteiger partial charge >= 0.3 is 0 Å². The highest BCUT2D eigenvalue weighted by atomic mass is 32.1. The zero-order valence-corrected chi connectivity index (χ0v) is 19.3. The Bertz CT molecular complexity index is 1330. The minimum atomic E-state index is -0.137. The quantitative estimate of drug-likeness (QED) is 0.462. The highest BCUT2D eigenvalue weighted by Gasteiger charge is 2.27. The Hall–Kier alpha value is -3.45. The summed E-state index contributed by atoms with van der Waals surface area (Å²) in [4.78, 5) is 35.5. The molecule has 33 heavy (non-hydrogen) atoms. The molecule has 5 rings (SSSR count). The fourth-order valence-electron chi connectivity index (χ4n) is 4.32. The number of H-pyrrole nitrogens is 1. The maximum Gasteiger partial charge on any atom is 0.270 e. The van der Waals surface area contributed by atoms with Crippen molar-refractivity contribution < 1.29 is 4.79 Å². The van der Waals surface area contributed by atoms with Gasteiger partial charge in [-0.15, -0.1) is 11.3 Å². The van der Waals surface area contributed by atoms with Gasteiger partial charge in [-0.2, -0.15) is 0 Å². The number of nitrogens with zero attached hydrogens (tertiary/aromatic N) is 2. The van der Waals surface area contributed by atoms with Gasteiger partial charge in [0.25, 0.3) is 5.56 Å². The number of thiophene rings is 1. The second-order valence-electron chi connectivity index (χ2n) is 8.57. The second kappa shape index (κ2) is 9.19. The van der Waals surface area contributed by atoms with Crippen LogP contribution in [0.4, 0.5) is 5.95 Å². The number of nitrogens with one attached hydrogen (secondary N) is 2. The fourth-order valence-corrected chi connectivity index (χ4v) is 5.23. The van der Waals surface area contributed by atoms with E-state index in [9.17, 15) is 9.59 Å². The smallest absolute Gasteiger partial charge is 0.270 e. The van der Waals surface area contributed by atoms with Crippen molar-refractivity contribution in [3.05, 3.63) is 81.5 Å². The number of piperidine rings is 1. The molecular weight excluding hydrogens is 432 g/mol. The first kappa shape index (κ1) is 21.4. The number of benzene rings is 2. The van der Waals surface area contributed by atoms with Crippen LogP contribution in [-0.2, 0) is 11.3 Å². The summed E-state index contributed by atoms with van der Waals surface area (Å²) in [6.07, 6.45) is 1.70. The van der Waals surface area contributed by atoms with Crippen molar-refractivity contribution in [1.82, 2.24) is 15.3 Å². The van der Waals surface area contributed by atoms with Crippen LogP contribution in [0.5, 0.6) is 0 Å². The van der Waals surface area contributed by atoms with E-state index in [4.69, 9.17) is 4.98 Å². The number of carbonyl (C=O) groups is 1. The molecule has 2 aromatic carbocycles. The average molecular weight is 459 g/mol. The van der Waals surface area contributed by atoms with Crippen LogP contribution in [-0.4, -0.2) is 29.0 Å². The number of amides is 1. The van der Waals surface area contributed by atoms with Gasteiger partial charge in [0.1, 0.15) is 4.70 Å². The van der Waals surface area contributed by atoms with Gasteiger partial charge in [-0.25, -0.2) is 4.98 Å². The first-order chi connectivity index (χ1) is 16.1.